The van der Waals surface area contributed by atoms with Gasteiger partial charge in [0.05, 0.1) is 6.54 Å². The molecule has 0 amide bonds. The molecule has 1 unspecified atom stereocenters. The molecule has 0 bridgehead atoms. The Kier molecular flexibility index (Phi) is 5.59. The fourth-order valence-electron chi connectivity index (χ4n) is 3.67. The predicted molar refractivity (Wildman–Crippen MR) is 98.7 cm³/mol. The van der Waals surface area contributed by atoms with E-state index in [1.54, 1.807) is 0 Å². The van der Waals surface area contributed by atoms with E-state index in [1.165, 1.54) is 0 Å². The maximum absolute atomic E-state index is 12.0. The highest BCUT2D eigenvalue weighted by Crippen LogP contribution is 2.20. The summed E-state index contributed by atoms with van der Waals surface area (Å²) in [5.41, 5.74) is -0.405. The summed E-state index contributed by atoms with van der Waals surface area (Å²) in [6.07, 6.45) is 2.99. The van der Waals surface area contributed by atoms with Gasteiger partial charge < -0.3 is 9.64 Å². The van der Waals surface area contributed by atoms with Crippen molar-refractivity contribution in [2.45, 2.75) is 38.8 Å². The molecule has 0 aromatic carbocycles. The average molecular weight is 346 g/mol. The van der Waals surface area contributed by atoms with Gasteiger partial charge in [0.15, 0.2) is 0 Å². The Hall–Kier alpha value is -1.66. The number of piperazine rings is 1. The third-order valence-electron chi connectivity index (χ3n) is 4.82. The van der Waals surface area contributed by atoms with Gasteiger partial charge in [0.25, 0.3) is 0 Å². The minimum absolute atomic E-state index is 0.117. The lowest BCUT2D eigenvalue weighted by Gasteiger charge is -2.38. The average Bonchev–Trinajstić information content (AvgIpc) is 3.02. The van der Waals surface area contributed by atoms with E-state index in [0.717, 1.165) is 51.5 Å². The molecule has 3 rings (SSSR count). The van der Waals surface area contributed by atoms with Crippen molar-refractivity contribution < 1.29 is 9.53 Å². The van der Waals surface area contributed by atoms with Crippen molar-refractivity contribution in [2.75, 3.05) is 50.7 Å². The number of ether oxygens (including phenoxy) is 1. The molecule has 0 N–H and O–H groups in total. The fourth-order valence-corrected chi connectivity index (χ4v) is 3.67. The molecule has 0 spiro atoms. The number of pyridine rings is 1. The van der Waals surface area contributed by atoms with Crippen LogP contribution >= 0.6 is 0 Å². The normalized spacial score (nSPS) is 23.0. The van der Waals surface area contributed by atoms with Crippen molar-refractivity contribution in [1.29, 1.82) is 0 Å². The van der Waals surface area contributed by atoms with Crippen LogP contribution in [0.25, 0.3) is 0 Å². The Morgan fingerprint density at radius 1 is 1.20 bits per heavy atom. The van der Waals surface area contributed by atoms with Crippen LogP contribution in [-0.4, -0.2) is 78.2 Å². The number of anilines is 1. The molecule has 2 aliphatic heterocycles. The highest BCUT2D eigenvalue weighted by Gasteiger charge is 2.31. The maximum atomic E-state index is 12.0. The van der Waals surface area contributed by atoms with E-state index in [9.17, 15) is 4.79 Å². The quantitative estimate of drug-likeness (QED) is 0.772. The summed E-state index contributed by atoms with van der Waals surface area (Å²) >= 11 is 0. The number of hydrogen-bond acceptors (Lipinski definition) is 6. The van der Waals surface area contributed by atoms with Crippen molar-refractivity contribution in [3.05, 3.63) is 24.4 Å². The summed E-state index contributed by atoms with van der Waals surface area (Å²) in [7, 11) is 0. The van der Waals surface area contributed by atoms with E-state index in [4.69, 9.17) is 4.74 Å². The van der Waals surface area contributed by atoms with Crippen LogP contribution in [0.3, 0.4) is 0 Å². The first kappa shape index (κ1) is 18.1. The van der Waals surface area contributed by atoms with Gasteiger partial charge >= 0.3 is 5.97 Å². The molecule has 138 valence electrons. The highest BCUT2D eigenvalue weighted by molar-refractivity contribution is 5.72. The minimum atomic E-state index is -0.405. The van der Waals surface area contributed by atoms with Crippen LogP contribution in [0.2, 0.25) is 0 Å². The van der Waals surface area contributed by atoms with Crippen LogP contribution in [0.15, 0.2) is 24.4 Å². The van der Waals surface area contributed by atoms with Gasteiger partial charge in [-0.3, -0.25) is 14.6 Å². The van der Waals surface area contributed by atoms with E-state index in [1.807, 2.05) is 39.1 Å². The van der Waals surface area contributed by atoms with Gasteiger partial charge in [-0.1, -0.05) is 6.07 Å². The lowest BCUT2D eigenvalue weighted by atomic mass is 10.2. The first-order chi connectivity index (χ1) is 11.9. The minimum Gasteiger partial charge on any atom is -0.459 e. The third kappa shape index (κ3) is 5.16. The van der Waals surface area contributed by atoms with Crippen LogP contribution in [0.4, 0.5) is 5.82 Å². The number of esters is 1. The van der Waals surface area contributed by atoms with Crippen LogP contribution in [0.1, 0.15) is 27.2 Å². The SMILES string of the molecule is CC(C)(C)OC(=O)CN1CCC(N2CCN(c3ccccn3)CC2)C1. The highest BCUT2D eigenvalue weighted by atomic mass is 16.6. The van der Waals surface area contributed by atoms with Crippen LogP contribution in [0.5, 0.6) is 0 Å². The largest absolute Gasteiger partial charge is 0.459 e. The Labute approximate surface area is 150 Å². The number of aromatic nitrogens is 1. The number of carbonyl (C=O) groups is 1. The fraction of sp³-hybridized carbons (Fsp3) is 0.684. The zero-order valence-corrected chi connectivity index (χ0v) is 15.6. The second-order valence-corrected chi connectivity index (χ2v) is 7.98. The van der Waals surface area contributed by atoms with Gasteiger partial charge in [0.2, 0.25) is 0 Å². The lowest BCUT2D eigenvalue weighted by Crippen LogP contribution is -2.51. The van der Waals surface area contributed by atoms with Gasteiger partial charge in [0, 0.05) is 51.5 Å². The van der Waals surface area contributed by atoms with E-state index in [-0.39, 0.29) is 5.97 Å². The molecule has 1 aromatic heterocycles. The van der Waals surface area contributed by atoms with Gasteiger partial charge in [-0.05, 0) is 39.3 Å². The Bertz CT molecular complexity index is 565. The molecule has 3 heterocycles. The molecular weight excluding hydrogens is 316 g/mol. The molecule has 0 saturated carbocycles. The summed E-state index contributed by atoms with van der Waals surface area (Å²) in [6.45, 7) is 12.2. The maximum Gasteiger partial charge on any atom is 0.320 e. The number of rotatable bonds is 4. The number of likely N-dealkylation sites (tertiary alicyclic amines) is 1. The molecule has 2 saturated heterocycles. The monoisotopic (exact) mass is 346 g/mol. The first-order valence-electron chi connectivity index (χ1n) is 9.25. The topological polar surface area (TPSA) is 48.9 Å². The Morgan fingerprint density at radius 2 is 1.96 bits per heavy atom. The molecule has 0 aliphatic carbocycles. The lowest BCUT2D eigenvalue weighted by molar-refractivity contribution is -0.155. The number of hydrogen-bond donors (Lipinski definition) is 0. The van der Waals surface area contributed by atoms with E-state index < -0.39 is 5.60 Å². The van der Waals surface area contributed by atoms with Crippen molar-refractivity contribution in [3.63, 3.8) is 0 Å². The molecule has 2 aliphatic rings. The smallest absolute Gasteiger partial charge is 0.320 e. The molecule has 6 heteroatoms. The van der Waals surface area contributed by atoms with Gasteiger partial charge in [0.1, 0.15) is 11.4 Å². The molecule has 1 atom stereocenters. The predicted octanol–water partition coefficient (Wildman–Crippen LogP) is 1.62. The van der Waals surface area contributed by atoms with Crippen LogP contribution in [-0.2, 0) is 9.53 Å². The Morgan fingerprint density at radius 3 is 2.60 bits per heavy atom. The van der Waals surface area contributed by atoms with Crippen LogP contribution in [0, 0.1) is 0 Å². The zero-order chi connectivity index (χ0) is 17.9. The molecule has 2 fully saturated rings. The Balaban J connectivity index is 1.43. The molecule has 6 nitrogen and oxygen atoms in total. The summed E-state index contributed by atoms with van der Waals surface area (Å²) in [5.74, 6) is 0.952. The summed E-state index contributed by atoms with van der Waals surface area (Å²) < 4.78 is 5.44. The molecule has 1 aromatic rings. The van der Waals surface area contributed by atoms with Gasteiger partial charge in [-0.2, -0.15) is 0 Å². The second kappa shape index (κ2) is 7.70. The van der Waals surface area contributed by atoms with Crippen molar-refractivity contribution in [2.24, 2.45) is 0 Å². The summed E-state index contributed by atoms with van der Waals surface area (Å²) in [5, 5.41) is 0. The van der Waals surface area contributed by atoms with Crippen molar-refractivity contribution in [3.8, 4) is 0 Å². The number of carbonyl (C=O) groups excluding carboxylic acids is 1. The van der Waals surface area contributed by atoms with Gasteiger partial charge in [-0.25, -0.2) is 4.98 Å². The molecular formula is C19H30N4O2. The van der Waals surface area contributed by atoms with E-state index >= 15 is 0 Å². The van der Waals surface area contributed by atoms with Crippen LogP contribution < -0.4 is 4.90 Å². The molecule has 25 heavy (non-hydrogen) atoms. The second-order valence-electron chi connectivity index (χ2n) is 7.98. The third-order valence-corrected chi connectivity index (χ3v) is 4.82. The molecule has 0 radical (unpaired) electrons. The first-order valence-corrected chi connectivity index (χ1v) is 9.25. The number of nitrogens with zero attached hydrogens (tertiary/aromatic N) is 4. The summed E-state index contributed by atoms with van der Waals surface area (Å²) in [4.78, 5) is 23.6. The standard InChI is InChI=1S/C19H30N4O2/c1-19(2,3)25-18(24)15-21-9-7-16(14-21)22-10-12-23(13-11-22)17-6-4-5-8-20-17/h4-6,8,16H,7,9-15H2,1-3H3. The van der Waals surface area contributed by atoms with Crippen molar-refractivity contribution >= 4 is 11.8 Å². The van der Waals surface area contributed by atoms with E-state index in [0.29, 0.717) is 12.6 Å². The zero-order valence-electron chi connectivity index (χ0n) is 15.6. The van der Waals surface area contributed by atoms with Gasteiger partial charge in [-0.15, -0.1) is 0 Å². The van der Waals surface area contributed by atoms with Crippen molar-refractivity contribution in [1.82, 2.24) is 14.8 Å². The summed E-state index contributed by atoms with van der Waals surface area (Å²) in [6, 6.07) is 6.62. The van der Waals surface area contributed by atoms with E-state index in [2.05, 4.69) is 25.8 Å².